The van der Waals surface area contributed by atoms with Gasteiger partial charge in [0.2, 0.25) is 0 Å². The van der Waals surface area contributed by atoms with Gasteiger partial charge in [0.15, 0.2) is 17.4 Å². The normalized spacial score (nSPS) is 21.3. The lowest BCUT2D eigenvalue weighted by Gasteiger charge is -2.30. The van der Waals surface area contributed by atoms with Crippen LogP contribution in [0.5, 0.6) is 5.75 Å². The van der Waals surface area contributed by atoms with E-state index in [-0.39, 0.29) is 25.3 Å². The summed E-state index contributed by atoms with van der Waals surface area (Å²) in [4.78, 5) is 14.4. The minimum atomic E-state index is -0.910. The van der Waals surface area contributed by atoms with Gasteiger partial charge < -0.3 is 14.7 Å². The number of halogens is 2. The van der Waals surface area contributed by atoms with Crippen molar-refractivity contribution in [3.05, 3.63) is 64.7 Å². The van der Waals surface area contributed by atoms with Crippen LogP contribution in [0.3, 0.4) is 0 Å². The number of ether oxygens (including phenoxy) is 1. The molecule has 0 aromatic heterocycles. The lowest BCUT2D eigenvalue weighted by Crippen LogP contribution is -2.32. The fraction of sp³-hybridized carbons (Fsp3) is 0.435. The molecule has 4 rings (SSSR count). The molecule has 4 nitrogen and oxygen atoms in total. The number of amides is 1. The molecule has 1 fully saturated rings. The molecular formula is C23H25F2NO3. The first-order valence-electron chi connectivity index (χ1n) is 10.1. The Morgan fingerprint density at radius 3 is 2.45 bits per heavy atom. The minimum absolute atomic E-state index is 0.0273. The zero-order valence-corrected chi connectivity index (χ0v) is 16.2. The molecule has 1 saturated carbocycles. The van der Waals surface area contributed by atoms with Gasteiger partial charge in [-0.15, -0.1) is 0 Å². The number of fused-ring (bicyclic) bond motifs is 1. The van der Waals surface area contributed by atoms with E-state index in [1.165, 1.54) is 6.07 Å². The molecular weight excluding hydrogens is 376 g/mol. The van der Waals surface area contributed by atoms with Crippen LogP contribution in [0.15, 0.2) is 36.4 Å². The maximum absolute atomic E-state index is 15.0. The molecule has 1 heterocycles. The van der Waals surface area contributed by atoms with Gasteiger partial charge in [0.1, 0.15) is 6.61 Å². The highest BCUT2D eigenvalue weighted by atomic mass is 19.1. The number of benzene rings is 2. The van der Waals surface area contributed by atoms with Crippen LogP contribution < -0.4 is 4.74 Å². The number of hydrogen-bond donors (Lipinski definition) is 1. The van der Waals surface area contributed by atoms with E-state index in [1.54, 1.807) is 4.90 Å². The number of carbonyl (C=O) groups is 1. The van der Waals surface area contributed by atoms with E-state index in [9.17, 15) is 18.7 Å². The first kappa shape index (κ1) is 19.8. The van der Waals surface area contributed by atoms with E-state index in [4.69, 9.17) is 4.74 Å². The van der Waals surface area contributed by atoms with Crippen molar-refractivity contribution in [3.63, 3.8) is 0 Å². The van der Waals surface area contributed by atoms with E-state index >= 15 is 0 Å². The van der Waals surface area contributed by atoms with Crippen LogP contribution in [-0.2, 0) is 13.2 Å². The highest BCUT2D eigenvalue weighted by Crippen LogP contribution is 2.36. The smallest absolute Gasteiger partial charge is 0.257 e. The van der Waals surface area contributed by atoms with Crippen LogP contribution in [0.25, 0.3) is 0 Å². The summed E-state index contributed by atoms with van der Waals surface area (Å²) in [5.74, 6) is -1.91. The number of aliphatic hydroxyl groups is 1. The van der Waals surface area contributed by atoms with Crippen molar-refractivity contribution in [2.45, 2.75) is 38.8 Å². The van der Waals surface area contributed by atoms with Crippen LogP contribution >= 0.6 is 0 Å². The van der Waals surface area contributed by atoms with Crippen LogP contribution in [0.2, 0.25) is 0 Å². The molecule has 2 aromatic rings. The molecule has 0 spiro atoms. The molecule has 1 N–H and O–H groups in total. The molecule has 0 bridgehead atoms. The van der Waals surface area contributed by atoms with Crippen molar-refractivity contribution >= 4 is 5.91 Å². The van der Waals surface area contributed by atoms with Gasteiger partial charge in [0.05, 0.1) is 5.56 Å². The van der Waals surface area contributed by atoms with Gasteiger partial charge in [-0.2, -0.15) is 0 Å². The Labute approximate surface area is 169 Å². The van der Waals surface area contributed by atoms with Crippen molar-refractivity contribution in [1.82, 2.24) is 4.90 Å². The summed E-state index contributed by atoms with van der Waals surface area (Å²) < 4.78 is 34.9. The maximum atomic E-state index is 15.0. The predicted octanol–water partition coefficient (Wildman–Crippen LogP) is 4.30. The summed E-state index contributed by atoms with van der Waals surface area (Å²) >= 11 is 0. The SMILES string of the molecule is O=C1c2c(cc(F)c(OCc3ccccc3)c2F)CN1C[C@H]1CC[C@H](CO)CC1. The van der Waals surface area contributed by atoms with Crippen molar-refractivity contribution in [2.24, 2.45) is 11.8 Å². The third-order valence-electron chi connectivity index (χ3n) is 6.05. The lowest BCUT2D eigenvalue weighted by atomic mass is 9.82. The minimum Gasteiger partial charge on any atom is -0.483 e. The molecule has 1 aliphatic heterocycles. The largest absolute Gasteiger partial charge is 0.483 e. The Bertz CT molecular complexity index is 879. The molecule has 1 aliphatic carbocycles. The Morgan fingerprint density at radius 2 is 1.76 bits per heavy atom. The first-order valence-corrected chi connectivity index (χ1v) is 10.1. The van der Waals surface area contributed by atoms with Crippen molar-refractivity contribution in [2.75, 3.05) is 13.2 Å². The van der Waals surface area contributed by atoms with E-state index < -0.39 is 23.3 Å². The van der Waals surface area contributed by atoms with Gasteiger partial charge in [0.25, 0.3) is 5.91 Å². The van der Waals surface area contributed by atoms with Gasteiger partial charge in [-0.25, -0.2) is 8.78 Å². The lowest BCUT2D eigenvalue weighted by molar-refractivity contribution is 0.0714. The molecule has 29 heavy (non-hydrogen) atoms. The molecule has 2 aliphatic rings. The van der Waals surface area contributed by atoms with Crippen LogP contribution in [0, 0.1) is 23.5 Å². The summed E-state index contributed by atoms with van der Waals surface area (Å²) in [6.45, 7) is 0.990. The number of rotatable bonds is 6. The quantitative estimate of drug-likeness (QED) is 0.785. The van der Waals surface area contributed by atoms with Gasteiger partial charge >= 0.3 is 0 Å². The van der Waals surface area contributed by atoms with Gasteiger partial charge in [-0.3, -0.25) is 4.79 Å². The summed E-state index contributed by atoms with van der Waals surface area (Å²) in [6, 6.07) is 10.3. The second-order valence-corrected chi connectivity index (χ2v) is 8.06. The number of nitrogens with zero attached hydrogens (tertiary/aromatic N) is 1. The van der Waals surface area contributed by atoms with E-state index in [1.807, 2.05) is 30.3 Å². The fourth-order valence-electron chi connectivity index (χ4n) is 4.36. The molecule has 0 saturated heterocycles. The Morgan fingerprint density at radius 1 is 1.07 bits per heavy atom. The number of hydrogen-bond acceptors (Lipinski definition) is 3. The third kappa shape index (κ3) is 4.13. The number of aliphatic hydroxyl groups excluding tert-OH is 1. The summed E-state index contributed by atoms with van der Waals surface area (Å²) in [6.07, 6.45) is 3.76. The Hall–Kier alpha value is -2.47. The van der Waals surface area contributed by atoms with Crippen molar-refractivity contribution in [1.29, 1.82) is 0 Å². The zero-order chi connectivity index (χ0) is 20.4. The maximum Gasteiger partial charge on any atom is 0.257 e. The second kappa shape index (κ2) is 8.49. The average Bonchev–Trinajstić information content (AvgIpc) is 3.04. The molecule has 1 amide bonds. The summed E-state index contributed by atoms with van der Waals surface area (Å²) in [5.41, 5.74) is 1.10. The van der Waals surface area contributed by atoms with Crippen LogP contribution in [0.4, 0.5) is 8.78 Å². The monoisotopic (exact) mass is 401 g/mol. The Balaban J connectivity index is 1.47. The van der Waals surface area contributed by atoms with Crippen LogP contribution in [0.1, 0.15) is 47.2 Å². The molecule has 6 heteroatoms. The van der Waals surface area contributed by atoms with Gasteiger partial charge in [-0.05, 0) is 54.7 Å². The highest BCUT2D eigenvalue weighted by molar-refractivity contribution is 5.99. The van der Waals surface area contributed by atoms with Crippen LogP contribution in [-0.4, -0.2) is 29.1 Å². The fourth-order valence-corrected chi connectivity index (χ4v) is 4.36. The molecule has 0 atom stereocenters. The molecule has 0 unspecified atom stereocenters. The highest BCUT2D eigenvalue weighted by Gasteiger charge is 2.35. The third-order valence-corrected chi connectivity index (χ3v) is 6.05. The first-order chi connectivity index (χ1) is 14.1. The predicted molar refractivity (Wildman–Crippen MR) is 104 cm³/mol. The van der Waals surface area contributed by atoms with Crippen molar-refractivity contribution < 1.29 is 23.4 Å². The molecule has 154 valence electrons. The summed E-state index contributed by atoms with van der Waals surface area (Å²) in [7, 11) is 0. The number of carbonyl (C=O) groups excluding carboxylic acids is 1. The second-order valence-electron chi connectivity index (χ2n) is 8.06. The van der Waals surface area contributed by atoms with Gasteiger partial charge in [0, 0.05) is 19.7 Å². The average molecular weight is 401 g/mol. The molecule has 2 aromatic carbocycles. The zero-order valence-electron chi connectivity index (χ0n) is 16.2. The van der Waals surface area contributed by atoms with E-state index in [2.05, 4.69) is 0 Å². The van der Waals surface area contributed by atoms with Gasteiger partial charge in [-0.1, -0.05) is 30.3 Å². The summed E-state index contributed by atoms with van der Waals surface area (Å²) in [5, 5.41) is 9.27. The van der Waals surface area contributed by atoms with Crippen molar-refractivity contribution in [3.8, 4) is 5.75 Å². The van der Waals surface area contributed by atoms with E-state index in [0.29, 0.717) is 23.9 Å². The topological polar surface area (TPSA) is 49.8 Å². The molecule has 0 radical (unpaired) electrons. The standard InChI is InChI=1S/C23H25F2NO3/c24-19-10-18-12-26(11-15-6-8-16(13-27)9-7-15)23(28)20(18)21(25)22(19)29-14-17-4-2-1-3-5-17/h1-5,10,15-16,27H,6-9,11-14H2/t15-,16-. The van der Waals surface area contributed by atoms with E-state index in [0.717, 1.165) is 31.2 Å². The Kier molecular flexibility index (Phi) is 5.81.